The predicted molar refractivity (Wildman–Crippen MR) is 154 cm³/mol. The number of anilines is 1. The summed E-state index contributed by atoms with van der Waals surface area (Å²) in [5.41, 5.74) is 1.42. The highest BCUT2D eigenvalue weighted by molar-refractivity contribution is 5.92. The second-order valence-electron chi connectivity index (χ2n) is 12.3. The Balaban J connectivity index is 0.000000534. The summed E-state index contributed by atoms with van der Waals surface area (Å²) in [5, 5.41) is 4.32. The number of benzene rings is 1. The van der Waals surface area contributed by atoms with E-state index < -0.39 is 5.82 Å². The van der Waals surface area contributed by atoms with Crippen LogP contribution in [0.4, 0.5) is 10.2 Å². The van der Waals surface area contributed by atoms with Crippen molar-refractivity contribution in [3.63, 3.8) is 0 Å². The van der Waals surface area contributed by atoms with Crippen LogP contribution in [0.2, 0.25) is 0 Å². The molecule has 2 atom stereocenters. The van der Waals surface area contributed by atoms with Crippen LogP contribution in [0, 0.1) is 11.7 Å². The Morgan fingerprint density at radius 2 is 1.72 bits per heavy atom. The second kappa shape index (κ2) is 10.3. The number of halogens is 1. The molecule has 0 amide bonds. The molecule has 7 nitrogen and oxygen atoms in total. The maximum Gasteiger partial charge on any atom is 0.319 e. The van der Waals surface area contributed by atoms with Crippen LogP contribution in [0.15, 0.2) is 36.5 Å². The van der Waals surface area contributed by atoms with E-state index >= 15 is 4.39 Å². The van der Waals surface area contributed by atoms with Crippen molar-refractivity contribution in [2.24, 2.45) is 5.92 Å². The average Bonchev–Trinajstić information content (AvgIpc) is 3.32. The fraction of sp³-hybridized carbons (Fsp3) is 0.581. The maximum absolute atomic E-state index is 16.0. The summed E-state index contributed by atoms with van der Waals surface area (Å²) >= 11 is 0. The van der Waals surface area contributed by atoms with Gasteiger partial charge in [-0.25, -0.2) is 4.39 Å². The van der Waals surface area contributed by atoms with Gasteiger partial charge in [0.15, 0.2) is 5.82 Å². The molecule has 6 heterocycles. The first-order valence-electron chi connectivity index (χ1n) is 14.9. The Morgan fingerprint density at radius 1 is 1.03 bits per heavy atom. The molecular weight excluding hydrogens is 491 g/mol. The van der Waals surface area contributed by atoms with E-state index in [1.807, 2.05) is 30.3 Å². The van der Waals surface area contributed by atoms with Gasteiger partial charge in [-0.2, -0.15) is 9.97 Å². The van der Waals surface area contributed by atoms with Crippen LogP contribution in [-0.4, -0.2) is 70.3 Å². The highest BCUT2D eigenvalue weighted by atomic mass is 19.1. The molecule has 3 aromatic rings. The number of hydrogen-bond acceptors (Lipinski definition) is 7. The Bertz CT molecular complexity index is 1320. The first kappa shape index (κ1) is 25.1. The fourth-order valence-corrected chi connectivity index (χ4v) is 6.92. The molecule has 1 N–H and O–H groups in total. The largest absolute Gasteiger partial charge is 0.461 e. The third kappa shape index (κ3) is 4.97. The smallest absolute Gasteiger partial charge is 0.319 e. The summed E-state index contributed by atoms with van der Waals surface area (Å²) in [5.74, 6) is 1.41. The lowest BCUT2D eigenvalue weighted by Crippen LogP contribution is -2.51. The SMILES string of the molecule is CC1CC1.Fc1c(-c2ccccc2)ncc2c(N3CC4CCC(C3)N4)nc(OCC34CCCN3CCC4)nc12.[HH]. The van der Waals surface area contributed by atoms with Crippen molar-refractivity contribution in [3.05, 3.63) is 42.3 Å². The van der Waals surface area contributed by atoms with Gasteiger partial charge in [0.05, 0.1) is 10.9 Å². The minimum atomic E-state index is -0.415. The van der Waals surface area contributed by atoms with Gasteiger partial charge in [0.2, 0.25) is 0 Å². The fourth-order valence-electron chi connectivity index (χ4n) is 6.92. The van der Waals surface area contributed by atoms with Crippen LogP contribution >= 0.6 is 0 Å². The summed E-state index contributed by atoms with van der Waals surface area (Å²) in [4.78, 5) is 18.9. The molecule has 4 aliphatic heterocycles. The average molecular weight is 533 g/mol. The minimum absolute atomic E-state index is 0. The highest BCUT2D eigenvalue weighted by Crippen LogP contribution is 2.40. The number of nitrogens with zero attached hydrogens (tertiary/aromatic N) is 5. The lowest BCUT2D eigenvalue weighted by molar-refractivity contribution is 0.108. The number of ether oxygens (including phenoxy) is 1. The molecule has 1 saturated carbocycles. The van der Waals surface area contributed by atoms with Gasteiger partial charge in [-0.15, -0.1) is 0 Å². The van der Waals surface area contributed by atoms with Crippen LogP contribution in [0.5, 0.6) is 6.01 Å². The summed E-state index contributed by atoms with van der Waals surface area (Å²) in [7, 11) is 0. The van der Waals surface area contributed by atoms with Gasteiger partial charge in [0.1, 0.15) is 23.6 Å². The van der Waals surface area contributed by atoms with Crippen LogP contribution < -0.4 is 15.0 Å². The number of nitrogens with one attached hydrogen (secondary N) is 1. The van der Waals surface area contributed by atoms with Gasteiger partial charge < -0.3 is 15.0 Å². The molecule has 208 valence electrons. The van der Waals surface area contributed by atoms with E-state index in [9.17, 15) is 0 Å². The molecule has 1 aromatic carbocycles. The lowest BCUT2D eigenvalue weighted by atomic mass is 9.95. The van der Waals surface area contributed by atoms with E-state index in [0.29, 0.717) is 29.8 Å². The zero-order valence-electron chi connectivity index (χ0n) is 22.9. The first-order chi connectivity index (χ1) is 19.1. The summed E-state index contributed by atoms with van der Waals surface area (Å²) in [6.07, 6.45) is 11.7. The molecule has 2 bridgehead atoms. The number of rotatable bonds is 5. The Morgan fingerprint density at radius 3 is 2.38 bits per heavy atom. The van der Waals surface area contributed by atoms with Crippen LogP contribution in [0.1, 0.15) is 59.7 Å². The van der Waals surface area contributed by atoms with Crippen LogP contribution in [0.3, 0.4) is 0 Å². The zero-order valence-corrected chi connectivity index (χ0v) is 22.9. The van der Waals surface area contributed by atoms with E-state index in [-0.39, 0.29) is 18.5 Å². The van der Waals surface area contributed by atoms with Crippen LogP contribution in [-0.2, 0) is 0 Å². The number of pyridine rings is 1. The molecule has 8 rings (SSSR count). The lowest BCUT2D eigenvalue weighted by Gasteiger charge is -2.34. The number of fused-ring (bicyclic) bond motifs is 4. The van der Waals surface area contributed by atoms with Crippen molar-refractivity contribution in [1.29, 1.82) is 0 Å². The summed E-state index contributed by atoms with van der Waals surface area (Å²) in [6.45, 7) is 6.81. The molecule has 2 aromatic heterocycles. The number of piperazine rings is 1. The number of aromatic nitrogens is 3. The van der Waals surface area contributed by atoms with E-state index in [4.69, 9.17) is 9.72 Å². The molecule has 0 spiro atoms. The first-order valence-corrected chi connectivity index (χ1v) is 14.9. The maximum atomic E-state index is 16.0. The van der Waals surface area contributed by atoms with Gasteiger partial charge in [0.25, 0.3) is 0 Å². The Labute approximate surface area is 231 Å². The van der Waals surface area contributed by atoms with E-state index in [0.717, 1.165) is 69.2 Å². The summed E-state index contributed by atoms with van der Waals surface area (Å²) in [6, 6.07) is 10.6. The van der Waals surface area contributed by atoms with Crippen molar-refractivity contribution in [3.8, 4) is 17.3 Å². The van der Waals surface area contributed by atoms with Crippen molar-refractivity contribution < 1.29 is 10.6 Å². The van der Waals surface area contributed by atoms with Crippen molar-refractivity contribution in [2.75, 3.05) is 37.7 Å². The Hall–Kier alpha value is -2.84. The zero-order chi connectivity index (χ0) is 26.4. The molecule has 5 aliphatic rings. The molecular formula is C31H41FN6O. The highest BCUT2D eigenvalue weighted by Gasteiger charge is 2.45. The van der Waals surface area contributed by atoms with E-state index in [1.54, 1.807) is 6.20 Å². The Kier molecular flexibility index (Phi) is 6.63. The van der Waals surface area contributed by atoms with Crippen molar-refractivity contribution in [1.82, 2.24) is 25.2 Å². The van der Waals surface area contributed by atoms with Crippen LogP contribution in [0.25, 0.3) is 22.2 Å². The monoisotopic (exact) mass is 532 g/mol. The van der Waals surface area contributed by atoms with Gasteiger partial charge in [-0.1, -0.05) is 50.1 Å². The molecule has 4 saturated heterocycles. The molecule has 1 aliphatic carbocycles. The normalized spacial score (nSPS) is 25.4. The topological polar surface area (TPSA) is 66.4 Å². The van der Waals surface area contributed by atoms with Crippen molar-refractivity contribution in [2.45, 2.75) is 75.9 Å². The van der Waals surface area contributed by atoms with Gasteiger partial charge in [-0.3, -0.25) is 9.88 Å². The third-order valence-corrected chi connectivity index (χ3v) is 9.35. The third-order valence-electron chi connectivity index (χ3n) is 9.35. The number of hydrogen-bond donors (Lipinski definition) is 1. The predicted octanol–water partition coefficient (Wildman–Crippen LogP) is 5.44. The molecule has 8 heteroatoms. The minimum Gasteiger partial charge on any atom is -0.461 e. The van der Waals surface area contributed by atoms with Crippen molar-refractivity contribution >= 4 is 16.7 Å². The van der Waals surface area contributed by atoms with Gasteiger partial charge in [0, 0.05) is 38.4 Å². The molecule has 5 fully saturated rings. The molecule has 0 radical (unpaired) electrons. The quantitative estimate of drug-likeness (QED) is 0.469. The molecule has 2 unspecified atom stereocenters. The van der Waals surface area contributed by atoms with Gasteiger partial charge >= 0.3 is 6.01 Å². The van der Waals surface area contributed by atoms with E-state index in [2.05, 4.69) is 32.0 Å². The standard InChI is InChI=1S/C27H31FN6O.C4H8.H2/c28-22-23(18-6-2-1-3-7-18)29-14-21-24(22)31-26(35-17-27-10-4-12-34(27)13-5-11-27)32-25(21)33-15-19-8-9-20(16-33)30-19;1-4-2-3-4;/h1-3,6-7,14,19-20,30H,4-5,8-13,15-17H2;4H,2-3H2,1H3;1H. The van der Waals surface area contributed by atoms with E-state index in [1.165, 1.54) is 25.7 Å². The van der Waals surface area contributed by atoms with Gasteiger partial charge in [-0.05, 0) is 57.5 Å². The second-order valence-corrected chi connectivity index (χ2v) is 12.3. The molecule has 39 heavy (non-hydrogen) atoms. The summed E-state index contributed by atoms with van der Waals surface area (Å²) < 4.78 is 22.3.